The normalized spacial score (nSPS) is 10.0. The second kappa shape index (κ2) is 12.0. The molecule has 0 aliphatic rings. The summed E-state index contributed by atoms with van der Waals surface area (Å²) >= 11 is -6.16. The van der Waals surface area contributed by atoms with Gasteiger partial charge in [0.1, 0.15) is 5.75 Å². The van der Waals surface area contributed by atoms with E-state index in [0.717, 1.165) is 0 Å². The van der Waals surface area contributed by atoms with Gasteiger partial charge in [0, 0.05) is 24.8 Å². The van der Waals surface area contributed by atoms with Gasteiger partial charge in [-0.15, -0.1) is 0 Å². The van der Waals surface area contributed by atoms with E-state index in [1.807, 2.05) is 18.2 Å². The average Bonchev–Trinajstić information content (AvgIpc) is 2.57. The molecule has 2 rings (SSSR count). The Morgan fingerprint density at radius 2 is 1.00 bits per heavy atom. The van der Waals surface area contributed by atoms with Crippen molar-refractivity contribution < 1.29 is 84.6 Å². The van der Waals surface area contributed by atoms with Crippen molar-refractivity contribution in [3.05, 3.63) is 55.1 Å². The maximum atomic E-state index is 10.3. The van der Waals surface area contributed by atoms with Crippen LogP contribution in [0, 0.1) is 39.9 Å². The van der Waals surface area contributed by atoms with Crippen LogP contribution in [0.2, 0.25) is 0 Å². The van der Waals surface area contributed by atoms with Crippen LogP contribution in [0.3, 0.4) is 0 Å². The minimum Gasteiger partial charge on any atom is -0.508 e. The van der Waals surface area contributed by atoms with Crippen molar-refractivity contribution in [2.75, 3.05) is 0 Å². The monoisotopic (exact) mass is 507 g/mol. The molecule has 5 N–H and O–H groups in total. The van der Waals surface area contributed by atoms with E-state index in [9.17, 15) is 19.2 Å². The molecule has 0 spiro atoms. The standard InChI is InChI=1S/C5H5NO.C5H5N.4CHO2.Eu/c7-5-1-3-6-4-2-5;1-2-4-6-5-3-1;4*2-1-3;/h1-4H,(H,6,7);1-5H;4*(H,2,3);. The zero-order chi connectivity index (χ0) is 20.2. The molecule has 0 aliphatic carbocycles. The molecule has 0 atom stereocenters. The predicted octanol–water partition coefficient (Wildman–Crippen LogP) is 2.72. The number of hydrogen-bond donors (Lipinski definition) is 5. The van der Waals surface area contributed by atoms with Crippen LogP contribution in [-0.2, 0) is 0 Å². The van der Waals surface area contributed by atoms with Gasteiger partial charge in [-0.05, 0) is 24.3 Å². The molecule has 0 bridgehead atoms. The van der Waals surface area contributed by atoms with E-state index in [4.69, 9.17) is 25.5 Å². The summed E-state index contributed by atoms with van der Waals surface area (Å²) in [6.07, 6.45) is 6.57. The van der Waals surface area contributed by atoms with Crippen molar-refractivity contribution in [3.63, 3.8) is 0 Å². The topological polar surface area (TPSA) is 195 Å². The quantitative estimate of drug-likeness (QED) is 0.409. The van der Waals surface area contributed by atoms with Gasteiger partial charge in [-0.1, -0.05) is 6.07 Å². The molecule has 2 heterocycles. The molecule has 141 valence electrons. The molecular weight excluding hydrogens is 492 g/mol. The first-order valence-corrected chi connectivity index (χ1v) is 11.2. The molecule has 2 aromatic heterocycles. The van der Waals surface area contributed by atoms with Crippen molar-refractivity contribution >= 4 is 1.45 Å². The number of hydrogen-bond acceptors (Lipinski definition) is 7. The zero-order valence-electron chi connectivity index (χ0n) is 12.8. The fourth-order valence-electron chi connectivity index (χ4n) is 1.07. The first kappa shape index (κ1) is 23.6. The van der Waals surface area contributed by atoms with Crippen LogP contribution in [0.25, 0.3) is 0 Å². The summed E-state index contributed by atoms with van der Waals surface area (Å²) in [6, 6.07) is 8.77. The number of aromatic hydroxyl groups is 1. The fraction of sp³-hybridized carbons (Fsp3) is 0. The van der Waals surface area contributed by atoms with Gasteiger partial charge >= 0.3 is 81.0 Å². The van der Waals surface area contributed by atoms with Crippen molar-refractivity contribution in [2.45, 2.75) is 0 Å². The summed E-state index contributed by atoms with van der Waals surface area (Å²) in [6.45, 7) is 0. The zero-order valence-corrected chi connectivity index (χ0v) is 15.3. The molecule has 0 unspecified atom stereocenters. The Hall–Kier alpha value is -2.44. The molecule has 12 heteroatoms. The number of carbonyl (C=O) groups is 4. The van der Waals surface area contributed by atoms with Crippen molar-refractivity contribution in [1.82, 2.24) is 9.97 Å². The molecule has 0 aliphatic heterocycles. The number of pyridine rings is 2. The Morgan fingerprint density at radius 1 is 0.654 bits per heavy atom. The molecule has 0 amide bonds. The SMILES string of the molecule is O=[C](O)[Eu]([C](=O)O)([C](=O)O)[C](=O)O.Oc1ccncc1.c1ccncc1. The number of aromatic nitrogens is 2. The second-order valence-corrected chi connectivity index (χ2v) is 11.6. The number of rotatable bonds is 4. The van der Waals surface area contributed by atoms with Gasteiger partial charge in [0.05, 0.1) is 0 Å². The van der Waals surface area contributed by atoms with E-state index in [-0.39, 0.29) is 5.75 Å². The maximum absolute atomic E-state index is 10.3. The third kappa shape index (κ3) is 7.21. The van der Waals surface area contributed by atoms with Gasteiger partial charge < -0.3 is 5.11 Å². The first-order chi connectivity index (χ1) is 12.2. The Kier molecular flexibility index (Phi) is 10.9. The molecule has 26 heavy (non-hydrogen) atoms. The first-order valence-electron chi connectivity index (χ1n) is 6.30. The van der Waals surface area contributed by atoms with Crippen LogP contribution in [0.4, 0.5) is 19.2 Å². The van der Waals surface area contributed by atoms with Crippen LogP contribution < -0.4 is 0 Å². The van der Waals surface area contributed by atoms with E-state index in [1.165, 1.54) is 24.5 Å². The molecule has 2 aromatic rings. The van der Waals surface area contributed by atoms with Crippen molar-refractivity contribution in [3.8, 4) is 5.75 Å². The van der Waals surface area contributed by atoms with Crippen molar-refractivity contribution in [2.24, 2.45) is 0 Å². The van der Waals surface area contributed by atoms with E-state index in [2.05, 4.69) is 9.97 Å². The largest absolute Gasteiger partial charge is 0.508 e. The summed E-state index contributed by atoms with van der Waals surface area (Å²) in [5.41, 5.74) is 0. The fourth-order valence-corrected chi connectivity index (χ4v) is 3.73. The average molecular weight is 506 g/mol. The Balaban J connectivity index is 0.000000398. The third-order valence-electron chi connectivity index (χ3n) is 2.20. The minimum absolute atomic E-state index is 0.259. The van der Waals surface area contributed by atoms with Gasteiger partial charge in [-0.2, -0.15) is 0 Å². The van der Waals surface area contributed by atoms with Crippen LogP contribution in [-0.4, -0.2) is 37.0 Å². The molecule has 0 fully saturated rings. The van der Waals surface area contributed by atoms with Crippen LogP contribution in [0.15, 0.2) is 55.1 Å². The van der Waals surface area contributed by atoms with Crippen LogP contribution in [0.1, 0.15) is 0 Å². The van der Waals surface area contributed by atoms with Crippen molar-refractivity contribution in [1.29, 1.82) is 0 Å². The molecular formula is C14H14EuN2O9. The van der Waals surface area contributed by atoms with Crippen LogP contribution >= 0.6 is 0 Å². The molecule has 0 saturated heterocycles. The number of carboxylic acid groups (broad SMARTS) is 4. The van der Waals surface area contributed by atoms with E-state index in [1.54, 1.807) is 12.4 Å². The van der Waals surface area contributed by atoms with E-state index in [0.29, 0.717) is 0 Å². The Labute approximate surface area is 155 Å². The second-order valence-electron chi connectivity index (χ2n) is 3.81. The summed E-state index contributed by atoms with van der Waals surface area (Å²) in [7, 11) is 0. The van der Waals surface area contributed by atoms with Gasteiger partial charge in [0.25, 0.3) is 0 Å². The summed E-state index contributed by atoms with van der Waals surface area (Å²) < 4.78 is -9.03. The maximum Gasteiger partial charge on any atom is 0.118 e. The van der Waals surface area contributed by atoms with Gasteiger partial charge in [0.15, 0.2) is 0 Å². The number of nitrogens with zero attached hydrogens (tertiary/aromatic N) is 2. The summed E-state index contributed by atoms with van der Waals surface area (Å²) in [4.78, 5) is 48.6. The molecule has 0 aromatic carbocycles. The van der Waals surface area contributed by atoms with E-state index >= 15 is 0 Å². The molecule has 0 radical (unpaired) electrons. The van der Waals surface area contributed by atoms with Gasteiger partial charge in [-0.3, -0.25) is 9.97 Å². The molecule has 11 nitrogen and oxygen atoms in total. The Morgan fingerprint density at radius 3 is 1.12 bits per heavy atom. The Bertz CT molecular complexity index is 652. The van der Waals surface area contributed by atoms with Gasteiger partial charge in [-0.25, -0.2) is 0 Å². The van der Waals surface area contributed by atoms with E-state index < -0.39 is 41.4 Å². The summed E-state index contributed by atoms with van der Waals surface area (Å²) in [5, 5.41) is 41.7. The predicted molar refractivity (Wildman–Crippen MR) is 82.2 cm³/mol. The third-order valence-corrected chi connectivity index (χ3v) is 8.42. The minimum atomic E-state index is -6.16. The smallest absolute Gasteiger partial charge is 0.118 e. The van der Waals surface area contributed by atoms with Crippen LogP contribution in [0.5, 0.6) is 5.75 Å². The van der Waals surface area contributed by atoms with Gasteiger partial charge in [0.2, 0.25) is 0 Å². The molecule has 0 saturated carbocycles. The summed E-state index contributed by atoms with van der Waals surface area (Å²) in [5.74, 6) is 0.259.